The molecule has 0 aliphatic heterocycles. The van der Waals surface area contributed by atoms with E-state index in [4.69, 9.17) is 5.73 Å². The van der Waals surface area contributed by atoms with Crippen LogP contribution in [-0.4, -0.2) is 11.8 Å². The van der Waals surface area contributed by atoms with E-state index in [1.165, 1.54) is 0 Å². The Labute approximate surface area is 50.1 Å². The summed E-state index contributed by atoms with van der Waals surface area (Å²) in [7, 11) is 0. The second-order valence-electron chi connectivity index (χ2n) is 2.33. The largest absolute Gasteiger partial charge is 0.325 e. The Morgan fingerprint density at radius 1 is 1.75 bits per heavy atom. The van der Waals surface area contributed by atoms with Gasteiger partial charge in [-0.2, -0.15) is 0 Å². The van der Waals surface area contributed by atoms with Gasteiger partial charge in [0.15, 0.2) is 6.29 Å². The van der Waals surface area contributed by atoms with Crippen molar-refractivity contribution in [1.82, 2.24) is 0 Å². The quantitative estimate of drug-likeness (QED) is 0.584. The van der Waals surface area contributed by atoms with Crippen molar-refractivity contribution < 1.29 is 4.79 Å². The molecule has 1 radical (unpaired) electrons. The van der Waals surface area contributed by atoms with Crippen LogP contribution in [0.3, 0.4) is 0 Å². The van der Waals surface area contributed by atoms with E-state index in [9.17, 15) is 4.79 Å². The van der Waals surface area contributed by atoms with E-state index in [2.05, 4.69) is 0 Å². The molecule has 8 heavy (non-hydrogen) atoms. The van der Waals surface area contributed by atoms with Gasteiger partial charge in [0.2, 0.25) is 0 Å². The van der Waals surface area contributed by atoms with Gasteiger partial charge in [-0.1, -0.05) is 6.92 Å². The minimum atomic E-state index is -0.332. The van der Waals surface area contributed by atoms with Crippen molar-refractivity contribution in [2.45, 2.75) is 32.2 Å². The molecule has 0 amide bonds. The fourth-order valence-electron chi connectivity index (χ4n) is 0.290. The molecular weight excluding hydrogens is 102 g/mol. The Morgan fingerprint density at radius 2 is 2.25 bits per heavy atom. The molecule has 2 heteroatoms. The summed E-state index contributed by atoms with van der Waals surface area (Å²) < 4.78 is 0. The van der Waals surface area contributed by atoms with Gasteiger partial charge >= 0.3 is 0 Å². The van der Waals surface area contributed by atoms with E-state index in [1.54, 1.807) is 6.29 Å². The van der Waals surface area contributed by atoms with Crippen LogP contribution in [0.15, 0.2) is 0 Å². The predicted molar refractivity (Wildman–Crippen MR) is 33.2 cm³/mol. The minimum absolute atomic E-state index is 0.332. The van der Waals surface area contributed by atoms with E-state index in [-0.39, 0.29) is 5.54 Å². The molecule has 0 bridgehead atoms. The molecule has 0 aliphatic rings. The van der Waals surface area contributed by atoms with Crippen LogP contribution in [0.1, 0.15) is 26.7 Å². The highest BCUT2D eigenvalue weighted by Gasteiger charge is 2.13. The average Bonchev–Trinajstić information content (AvgIpc) is 1.67. The summed E-state index contributed by atoms with van der Waals surface area (Å²) in [6, 6.07) is 0. The fraction of sp³-hybridized carbons (Fsp3) is 0.833. The maximum absolute atomic E-state index is 9.77. The first-order chi connectivity index (χ1) is 3.62. The summed E-state index contributed by atoms with van der Waals surface area (Å²) in [5.41, 5.74) is 5.23. The highest BCUT2D eigenvalue weighted by molar-refractivity contribution is 5.52. The summed E-state index contributed by atoms with van der Waals surface area (Å²) in [5, 5.41) is 0. The monoisotopic (exact) mass is 114 g/mol. The van der Waals surface area contributed by atoms with E-state index in [1.807, 2.05) is 13.8 Å². The predicted octanol–water partition coefficient (Wildman–Crippen LogP) is 0.614. The molecule has 2 nitrogen and oxygen atoms in total. The van der Waals surface area contributed by atoms with Crippen LogP contribution in [0.25, 0.3) is 0 Å². The Bertz CT molecular complexity index is 78.6. The van der Waals surface area contributed by atoms with E-state index in [0.717, 1.165) is 6.42 Å². The SMILES string of the molecule is CC[C@](C)(N)C[C]=O. The van der Waals surface area contributed by atoms with Crippen molar-refractivity contribution >= 4 is 6.29 Å². The van der Waals surface area contributed by atoms with Crippen molar-refractivity contribution in [3.05, 3.63) is 0 Å². The standard InChI is InChI=1S/C6H12NO/c1-3-6(2,7)4-5-8/h3-4,7H2,1-2H3/t6-/m0/s1. The molecule has 0 heterocycles. The second kappa shape index (κ2) is 2.82. The molecule has 0 rings (SSSR count). The van der Waals surface area contributed by atoms with Crippen LogP contribution in [0.5, 0.6) is 0 Å². The van der Waals surface area contributed by atoms with E-state index < -0.39 is 0 Å². The maximum Gasteiger partial charge on any atom is 0.200 e. The molecule has 0 aromatic rings. The maximum atomic E-state index is 9.77. The van der Waals surface area contributed by atoms with Crippen molar-refractivity contribution in [2.75, 3.05) is 0 Å². The molecule has 1 atom stereocenters. The summed E-state index contributed by atoms with van der Waals surface area (Å²) in [6.45, 7) is 3.80. The van der Waals surface area contributed by atoms with Crippen LogP contribution >= 0.6 is 0 Å². The highest BCUT2D eigenvalue weighted by atomic mass is 16.1. The molecule has 0 saturated carbocycles. The molecule has 0 unspecified atom stereocenters. The van der Waals surface area contributed by atoms with Crippen LogP contribution in [0.2, 0.25) is 0 Å². The summed E-state index contributed by atoms with van der Waals surface area (Å²) in [5.74, 6) is 0. The third kappa shape index (κ3) is 2.75. The van der Waals surface area contributed by atoms with Crippen LogP contribution in [0, 0.1) is 0 Å². The lowest BCUT2D eigenvalue weighted by molar-refractivity contribution is 0.450. The number of nitrogens with two attached hydrogens (primary N) is 1. The lowest BCUT2D eigenvalue weighted by atomic mass is 9.97. The zero-order valence-electron chi connectivity index (χ0n) is 5.40. The van der Waals surface area contributed by atoms with E-state index >= 15 is 0 Å². The van der Waals surface area contributed by atoms with Crippen LogP contribution < -0.4 is 5.73 Å². The molecule has 0 aromatic heterocycles. The van der Waals surface area contributed by atoms with Gasteiger partial charge in [0.25, 0.3) is 0 Å². The molecule has 0 aliphatic carbocycles. The Kier molecular flexibility index (Phi) is 2.69. The molecule has 47 valence electrons. The number of hydrogen-bond acceptors (Lipinski definition) is 2. The van der Waals surface area contributed by atoms with E-state index in [0.29, 0.717) is 6.42 Å². The van der Waals surface area contributed by atoms with Gasteiger partial charge in [-0.15, -0.1) is 0 Å². The third-order valence-electron chi connectivity index (χ3n) is 1.28. The lowest BCUT2D eigenvalue weighted by Crippen LogP contribution is -2.35. The van der Waals surface area contributed by atoms with Crippen LogP contribution in [0.4, 0.5) is 0 Å². The summed E-state index contributed by atoms with van der Waals surface area (Å²) >= 11 is 0. The smallest absolute Gasteiger partial charge is 0.200 e. The highest BCUT2D eigenvalue weighted by Crippen LogP contribution is 2.06. The van der Waals surface area contributed by atoms with Gasteiger partial charge in [-0.25, -0.2) is 0 Å². The summed E-state index contributed by atoms with van der Waals surface area (Å²) in [4.78, 5) is 9.77. The average molecular weight is 114 g/mol. The van der Waals surface area contributed by atoms with Gasteiger partial charge in [0.1, 0.15) is 0 Å². The molecular formula is C6H12NO. The zero-order chi connectivity index (χ0) is 6.62. The Morgan fingerprint density at radius 3 is 2.38 bits per heavy atom. The van der Waals surface area contributed by atoms with Crippen molar-refractivity contribution in [1.29, 1.82) is 0 Å². The number of hydrogen-bond donors (Lipinski definition) is 1. The molecule has 0 aromatic carbocycles. The lowest BCUT2D eigenvalue weighted by Gasteiger charge is -2.17. The fourth-order valence-corrected chi connectivity index (χ4v) is 0.290. The molecule has 0 spiro atoms. The normalized spacial score (nSPS) is 17.4. The second-order valence-corrected chi connectivity index (χ2v) is 2.33. The minimum Gasteiger partial charge on any atom is -0.325 e. The van der Waals surface area contributed by atoms with Gasteiger partial charge in [0, 0.05) is 12.0 Å². The van der Waals surface area contributed by atoms with Gasteiger partial charge < -0.3 is 5.73 Å². The topological polar surface area (TPSA) is 43.1 Å². The third-order valence-corrected chi connectivity index (χ3v) is 1.28. The first kappa shape index (κ1) is 7.63. The van der Waals surface area contributed by atoms with Crippen LogP contribution in [-0.2, 0) is 4.79 Å². The van der Waals surface area contributed by atoms with Crippen molar-refractivity contribution in [3.63, 3.8) is 0 Å². The Hall–Kier alpha value is -0.370. The molecule has 2 N–H and O–H groups in total. The molecule has 0 saturated heterocycles. The number of rotatable bonds is 3. The first-order valence-corrected chi connectivity index (χ1v) is 2.76. The van der Waals surface area contributed by atoms with Gasteiger partial charge in [0.05, 0.1) is 0 Å². The van der Waals surface area contributed by atoms with Crippen molar-refractivity contribution in [2.24, 2.45) is 5.73 Å². The molecule has 0 fully saturated rings. The first-order valence-electron chi connectivity index (χ1n) is 2.76. The van der Waals surface area contributed by atoms with Gasteiger partial charge in [-0.3, -0.25) is 4.79 Å². The summed E-state index contributed by atoms with van der Waals surface area (Å²) in [6.07, 6.45) is 2.94. The Balaban J connectivity index is 3.53. The van der Waals surface area contributed by atoms with Gasteiger partial charge in [-0.05, 0) is 13.3 Å². The number of carbonyl (C=O) groups excluding carboxylic acids is 1. The van der Waals surface area contributed by atoms with Crippen molar-refractivity contribution in [3.8, 4) is 0 Å². The zero-order valence-corrected chi connectivity index (χ0v) is 5.40.